The lowest BCUT2D eigenvalue weighted by molar-refractivity contribution is -0.115. The first kappa shape index (κ1) is 17.4. The number of amides is 1. The van der Waals surface area contributed by atoms with Gasteiger partial charge in [0, 0.05) is 15.6 Å². The van der Waals surface area contributed by atoms with Gasteiger partial charge >= 0.3 is 0 Å². The van der Waals surface area contributed by atoms with E-state index in [1.54, 1.807) is 6.08 Å². The summed E-state index contributed by atoms with van der Waals surface area (Å²) in [5.74, 6) is 0.691. The van der Waals surface area contributed by atoms with Crippen LogP contribution < -0.4 is 10.1 Å². The fourth-order valence-corrected chi connectivity index (χ4v) is 2.80. The predicted molar refractivity (Wildman–Crippen MR) is 97.5 cm³/mol. The number of halogens is 1. The van der Waals surface area contributed by atoms with E-state index in [2.05, 4.69) is 11.9 Å². The summed E-state index contributed by atoms with van der Waals surface area (Å²) in [6, 6.07) is 14.7. The van der Waals surface area contributed by atoms with Gasteiger partial charge in [0.05, 0.1) is 5.25 Å². The van der Waals surface area contributed by atoms with Crippen LogP contribution in [-0.2, 0) is 4.79 Å². The van der Waals surface area contributed by atoms with E-state index in [1.807, 2.05) is 55.5 Å². The van der Waals surface area contributed by atoms with Gasteiger partial charge in [-0.3, -0.25) is 4.79 Å². The van der Waals surface area contributed by atoms with Crippen molar-refractivity contribution in [2.45, 2.75) is 17.1 Å². The molecule has 2 rings (SSSR count). The highest BCUT2D eigenvalue weighted by Crippen LogP contribution is 2.25. The SMILES string of the molecule is C=CCOc1ccc(NC(=O)[C@H](C)Sc2ccc(Cl)cc2)cc1. The maximum absolute atomic E-state index is 12.2. The Kier molecular flexibility index (Phi) is 6.56. The van der Waals surface area contributed by atoms with E-state index in [9.17, 15) is 4.79 Å². The number of thioether (sulfide) groups is 1. The van der Waals surface area contributed by atoms with Gasteiger partial charge in [-0.15, -0.1) is 11.8 Å². The van der Waals surface area contributed by atoms with Crippen LogP contribution in [0.3, 0.4) is 0 Å². The molecule has 0 heterocycles. The first-order valence-electron chi connectivity index (χ1n) is 7.15. The monoisotopic (exact) mass is 347 g/mol. The summed E-state index contributed by atoms with van der Waals surface area (Å²) in [6.45, 7) is 5.93. The van der Waals surface area contributed by atoms with Gasteiger partial charge in [-0.05, 0) is 55.5 Å². The first-order chi connectivity index (χ1) is 11.1. The topological polar surface area (TPSA) is 38.3 Å². The van der Waals surface area contributed by atoms with E-state index in [4.69, 9.17) is 16.3 Å². The van der Waals surface area contributed by atoms with Crippen molar-refractivity contribution in [3.05, 3.63) is 66.2 Å². The van der Waals surface area contributed by atoms with Gasteiger partial charge in [-0.2, -0.15) is 0 Å². The lowest BCUT2D eigenvalue weighted by Gasteiger charge is -2.12. The minimum atomic E-state index is -0.215. The second-order valence-corrected chi connectivity index (χ2v) is 6.68. The summed E-state index contributed by atoms with van der Waals surface area (Å²) >= 11 is 7.35. The van der Waals surface area contributed by atoms with Crippen molar-refractivity contribution in [3.8, 4) is 5.75 Å². The predicted octanol–water partition coefficient (Wildman–Crippen LogP) is 5.02. The van der Waals surface area contributed by atoms with Crippen LogP contribution in [0.2, 0.25) is 5.02 Å². The quantitative estimate of drug-likeness (QED) is 0.564. The Bertz CT molecular complexity index is 656. The zero-order chi connectivity index (χ0) is 16.7. The molecule has 1 N–H and O–H groups in total. The van der Waals surface area contributed by atoms with Gasteiger partial charge in [-0.25, -0.2) is 0 Å². The molecule has 0 aromatic heterocycles. The summed E-state index contributed by atoms with van der Waals surface area (Å²) in [5.41, 5.74) is 0.740. The highest BCUT2D eigenvalue weighted by atomic mass is 35.5. The zero-order valence-corrected chi connectivity index (χ0v) is 14.4. The van der Waals surface area contributed by atoms with Crippen LogP contribution in [-0.4, -0.2) is 17.8 Å². The third-order valence-electron chi connectivity index (χ3n) is 2.99. The third kappa shape index (κ3) is 5.66. The zero-order valence-electron chi connectivity index (χ0n) is 12.8. The van der Waals surface area contributed by atoms with Crippen LogP contribution in [0, 0.1) is 0 Å². The number of anilines is 1. The van der Waals surface area contributed by atoms with Crippen molar-refractivity contribution in [2.24, 2.45) is 0 Å². The van der Waals surface area contributed by atoms with Crippen molar-refractivity contribution in [3.63, 3.8) is 0 Å². The molecule has 1 amide bonds. The van der Waals surface area contributed by atoms with Gasteiger partial charge < -0.3 is 10.1 Å². The number of carbonyl (C=O) groups excluding carboxylic acids is 1. The standard InChI is InChI=1S/C18H18ClNO2S/c1-3-12-22-16-8-6-15(7-9-16)20-18(21)13(2)23-17-10-4-14(19)5-11-17/h3-11,13H,1,12H2,2H3,(H,20,21)/t13-/m0/s1. The van der Waals surface area contributed by atoms with Crippen LogP contribution >= 0.6 is 23.4 Å². The highest BCUT2D eigenvalue weighted by molar-refractivity contribution is 8.00. The van der Waals surface area contributed by atoms with E-state index in [-0.39, 0.29) is 11.2 Å². The smallest absolute Gasteiger partial charge is 0.237 e. The third-order valence-corrected chi connectivity index (χ3v) is 4.35. The molecule has 0 aliphatic heterocycles. The molecule has 0 saturated carbocycles. The van der Waals surface area contributed by atoms with Crippen molar-refractivity contribution < 1.29 is 9.53 Å². The molecule has 2 aromatic rings. The van der Waals surface area contributed by atoms with Crippen molar-refractivity contribution in [1.29, 1.82) is 0 Å². The second-order valence-electron chi connectivity index (χ2n) is 4.83. The lowest BCUT2D eigenvalue weighted by atomic mass is 10.3. The maximum atomic E-state index is 12.2. The van der Waals surface area contributed by atoms with Crippen LogP contribution in [0.15, 0.2) is 66.1 Å². The lowest BCUT2D eigenvalue weighted by Crippen LogP contribution is -2.22. The van der Waals surface area contributed by atoms with E-state index >= 15 is 0 Å². The largest absolute Gasteiger partial charge is 0.490 e. The normalized spacial score (nSPS) is 11.6. The molecule has 5 heteroatoms. The molecule has 120 valence electrons. The summed E-state index contributed by atoms with van der Waals surface area (Å²) in [7, 11) is 0. The van der Waals surface area contributed by atoms with Gasteiger partial charge in [0.2, 0.25) is 5.91 Å². The molecule has 3 nitrogen and oxygen atoms in total. The number of hydrogen-bond donors (Lipinski definition) is 1. The van der Waals surface area contributed by atoms with Gasteiger partial charge in [0.1, 0.15) is 12.4 Å². The number of rotatable bonds is 7. The van der Waals surface area contributed by atoms with E-state index in [0.29, 0.717) is 11.6 Å². The molecule has 0 aliphatic rings. The summed E-state index contributed by atoms with van der Waals surface area (Å²) in [5, 5.41) is 3.37. The van der Waals surface area contributed by atoms with Gasteiger partial charge in [0.25, 0.3) is 0 Å². The maximum Gasteiger partial charge on any atom is 0.237 e. The Labute approximate surface area is 145 Å². The Hall–Kier alpha value is -1.91. The number of benzene rings is 2. The second kappa shape index (κ2) is 8.65. The molecule has 23 heavy (non-hydrogen) atoms. The molecule has 0 radical (unpaired) electrons. The van der Waals surface area contributed by atoms with Crippen LogP contribution in [0.25, 0.3) is 0 Å². The number of carbonyl (C=O) groups is 1. The number of nitrogens with one attached hydrogen (secondary N) is 1. The molecular formula is C18H18ClNO2S. The Morgan fingerprint density at radius 1 is 1.26 bits per heavy atom. The fraction of sp³-hybridized carbons (Fsp3) is 0.167. The van der Waals surface area contributed by atoms with Crippen molar-refractivity contribution >= 4 is 35.0 Å². The first-order valence-corrected chi connectivity index (χ1v) is 8.41. The minimum Gasteiger partial charge on any atom is -0.490 e. The molecule has 0 bridgehead atoms. The van der Waals surface area contributed by atoms with E-state index in [0.717, 1.165) is 16.3 Å². The molecular weight excluding hydrogens is 330 g/mol. The van der Waals surface area contributed by atoms with E-state index in [1.165, 1.54) is 11.8 Å². The van der Waals surface area contributed by atoms with E-state index < -0.39 is 0 Å². The highest BCUT2D eigenvalue weighted by Gasteiger charge is 2.14. The average Bonchev–Trinajstić information content (AvgIpc) is 2.56. The van der Waals surface area contributed by atoms with Gasteiger partial charge in [0.15, 0.2) is 0 Å². The minimum absolute atomic E-state index is 0.0512. The average molecular weight is 348 g/mol. The molecule has 1 atom stereocenters. The summed E-state index contributed by atoms with van der Waals surface area (Å²) < 4.78 is 5.41. The summed E-state index contributed by atoms with van der Waals surface area (Å²) in [6.07, 6.45) is 1.69. The molecule has 0 spiro atoms. The Morgan fingerprint density at radius 3 is 2.52 bits per heavy atom. The fourth-order valence-electron chi connectivity index (χ4n) is 1.80. The molecule has 0 fully saturated rings. The molecule has 0 saturated heterocycles. The number of ether oxygens (including phenoxy) is 1. The molecule has 0 unspecified atom stereocenters. The summed E-state index contributed by atoms with van der Waals surface area (Å²) in [4.78, 5) is 13.2. The van der Waals surface area contributed by atoms with Crippen molar-refractivity contribution in [2.75, 3.05) is 11.9 Å². The van der Waals surface area contributed by atoms with Gasteiger partial charge in [-0.1, -0.05) is 24.3 Å². The Balaban J connectivity index is 1.89. The van der Waals surface area contributed by atoms with Crippen LogP contribution in [0.1, 0.15) is 6.92 Å². The Morgan fingerprint density at radius 2 is 1.91 bits per heavy atom. The molecule has 2 aromatic carbocycles. The van der Waals surface area contributed by atoms with Crippen LogP contribution in [0.4, 0.5) is 5.69 Å². The molecule has 0 aliphatic carbocycles. The van der Waals surface area contributed by atoms with Crippen molar-refractivity contribution in [1.82, 2.24) is 0 Å². The van der Waals surface area contributed by atoms with Crippen LogP contribution in [0.5, 0.6) is 5.75 Å². The number of hydrogen-bond acceptors (Lipinski definition) is 3.